The molecule has 108 valence electrons. The van der Waals surface area contributed by atoms with E-state index >= 15 is 0 Å². The fourth-order valence-corrected chi connectivity index (χ4v) is 3.70. The highest BCUT2D eigenvalue weighted by atomic mass is 16.5. The average Bonchev–Trinajstić information content (AvgIpc) is 3.07. The Kier molecular flexibility index (Phi) is 4.05. The molecule has 3 saturated heterocycles. The first-order valence-corrected chi connectivity index (χ1v) is 7.64. The van der Waals surface area contributed by atoms with E-state index in [2.05, 4.69) is 17.1 Å². The van der Waals surface area contributed by atoms with Crippen LogP contribution in [-0.4, -0.2) is 73.2 Å². The zero-order valence-corrected chi connectivity index (χ0v) is 11.8. The molecular weight excluding hydrogens is 242 g/mol. The SMILES string of the molecule is CC1OCCC1N1CCCC1C(=O)N1CCNCC1. The lowest BCUT2D eigenvalue weighted by atomic mass is 10.1. The Balaban J connectivity index is 1.66. The number of ether oxygens (including phenoxy) is 1. The van der Waals surface area contributed by atoms with Crippen molar-refractivity contribution in [3.05, 3.63) is 0 Å². The minimum Gasteiger partial charge on any atom is -0.377 e. The zero-order valence-electron chi connectivity index (χ0n) is 11.8. The number of nitrogens with zero attached hydrogens (tertiary/aromatic N) is 2. The van der Waals surface area contributed by atoms with Gasteiger partial charge in [0.05, 0.1) is 12.1 Å². The fraction of sp³-hybridized carbons (Fsp3) is 0.929. The zero-order chi connectivity index (χ0) is 13.2. The van der Waals surface area contributed by atoms with Gasteiger partial charge in [0.2, 0.25) is 5.91 Å². The number of carbonyl (C=O) groups excluding carboxylic acids is 1. The molecule has 3 atom stereocenters. The van der Waals surface area contributed by atoms with E-state index in [0.717, 1.165) is 58.6 Å². The summed E-state index contributed by atoms with van der Waals surface area (Å²) >= 11 is 0. The molecule has 0 aromatic carbocycles. The standard InChI is InChI=1S/C14H25N3O2/c1-11-12(4-10-19-11)17-7-2-3-13(17)14(18)16-8-5-15-6-9-16/h11-13,15H,2-10H2,1H3. The average molecular weight is 267 g/mol. The maximum atomic E-state index is 12.7. The molecule has 3 aliphatic rings. The van der Waals surface area contributed by atoms with Crippen LogP contribution in [0.2, 0.25) is 0 Å². The van der Waals surface area contributed by atoms with Gasteiger partial charge in [-0.1, -0.05) is 0 Å². The molecule has 3 rings (SSSR count). The number of piperazine rings is 1. The van der Waals surface area contributed by atoms with E-state index in [-0.39, 0.29) is 12.1 Å². The van der Waals surface area contributed by atoms with Gasteiger partial charge in [0.15, 0.2) is 0 Å². The number of nitrogens with one attached hydrogen (secondary N) is 1. The Hall–Kier alpha value is -0.650. The van der Waals surface area contributed by atoms with Crippen molar-refractivity contribution in [2.75, 3.05) is 39.3 Å². The van der Waals surface area contributed by atoms with Crippen LogP contribution >= 0.6 is 0 Å². The number of hydrogen-bond acceptors (Lipinski definition) is 4. The normalized spacial score (nSPS) is 36.9. The Morgan fingerprint density at radius 1 is 1.21 bits per heavy atom. The van der Waals surface area contributed by atoms with Crippen LogP contribution in [0.3, 0.4) is 0 Å². The first kappa shape index (κ1) is 13.3. The van der Waals surface area contributed by atoms with Crippen LogP contribution in [0.1, 0.15) is 26.2 Å². The number of likely N-dealkylation sites (tertiary alicyclic amines) is 1. The highest BCUT2D eigenvalue weighted by Crippen LogP contribution is 2.28. The van der Waals surface area contributed by atoms with Crippen molar-refractivity contribution in [3.63, 3.8) is 0 Å². The highest BCUT2D eigenvalue weighted by molar-refractivity contribution is 5.82. The Labute approximate surface area is 115 Å². The summed E-state index contributed by atoms with van der Waals surface area (Å²) in [5.74, 6) is 0.345. The topological polar surface area (TPSA) is 44.8 Å². The van der Waals surface area contributed by atoms with E-state index in [9.17, 15) is 4.79 Å². The third-order valence-electron chi connectivity index (χ3n) is 4.77. The second-order valence-corrected chi connectivity index (χ2v) is 5.90. The largest absolute Gasteiger partial charge is 0.377 e. The van der Waals surface area contributed by atoms with Crippen LogP contribution in [0.5, 0.6) is 0 Å². The molecule has 0 radical (unpaired) electrons. The van der Waals surface area contributed by atoms with Crippen molar-refractivity contribution in [1.82, 2.24) is 15.1 Å². The Morgan fingerprint density at radius 3 is 2.68 bits per heavy atom. The molecule has 1 amide bonds. The maximum absolute atomic E-state index is 12.7. The summed E-state index contributed by atoms with van der Waals surface area (Å²) in [5.41, 5.74) is 0. The molecule has 0 aromatic rings. The van der Waals surface area contributed by atoms with Gasteiger partial charge in [-0.3, -0.25) is 9.69 Å². The molecule has 0 bridgehead atoms. The number of hydrogen-bond donors (Lipinski definition) is 1. The smallest absolute Gasteiger partial charge is 0.240 e. The van der Waals surface area contributed by atoms with Gasteiger partial charge in [0.25, 0.3) is 0 Å². The molecule has 3 fully saturated rings. The van der Waals surface area contributed by atoms with Crippen molar-refractivity contribution in [1.29, 1.82) is 0 Å². The minimum atomic E-state index is 0.104. The van der Waals surface area contributed by atoms with Crippen molar-refractivity contribution < 1.29 is 9.53 Å². The molecule has 5 heteroatoms. The molecule has 0 aliphatic carbocycles. The molecular formula is C14H25N3O2. The maximum Gasteiger partial charge on any atom is 0.240 e. The van der Waals surface area contributed by atoms with Crippen molar-refractivity contribution in [2.24, 2.45) is 0 Å². The van der Waals surface area contributed by atoms with Gasteiger partial charge in [0, 0.05) is 38.8 Å². The quantitative estimate of drug-likeness (QED) is 0.768. The molecule has 5 nitrogen and oxygen atoms in total. The second-order valence-electron chi connectivity index (χ2n) is 5.90. The third kappa shape index (κ3) is 2.64. The van der Waals surface area contributed by atoms with Crippen molar-refractivity contribution in [3.8, 4) is 0 Å². The van der Waals surface area contributed by atoms with Gasteiger partial charge in [-0.05, 0) is 32.7 Å². The van der Waals surface area contributed by atoms with Gasteiger partial charge in [-0.15, -0.1) is 0 Å². The number of rotatable bonds is 2. The fourth-order valence-electron chi connectivity index (χ4n) is 3.70. The molecule has 3 unspecified atom stereocenters. The molecule has 1 N–H and O–H groups in total. The van der Waals surface area contributed by atoms with Crippen LogP contribution in [0.25, 0.3) is 0 Å². The molecule has 19 heavy (non-hydrogen) atoms. The Bertz CT molecular complexity index is 331. The summed E-state index contributed by atoms with van der Waals surface area (Å²) in [6.07, 6.45) is 3.51. The minimum absolute atomic E-state index is 0.104. The van der Waals surface area contributed by atoms with Crippen LogP contribution in [0.4, 0.5) is 0 Å². The third-order valence-corrected chi connectivity index (χ3v) is 4.77. The number of carbonyl (C=O) groups is 1. The van der Waals surface area contributed by atoms with E-state index in [1.807, 2.05) is 4.90 Å². The second kappa shape index (κ2) is 5.77. The molecule has 3 aliphatic heterocycles. The monoisotopic (exact) mass is 267 g/mol. The summed E-state index contributed by atoms with van der Waals surface area (Å²) in [5, 5.41) is 3.31. The molecule has 0 aromatic heterocycles. The first-order valence-electron chi connectivity index (χ1n) is 7.64. The van der Waals surface area contributed by atoms with E-state index in [1.54, 1.807) is 0 Å². The van der Waals surface area contributed by atoms with Gasteiger partial charge in [-0.2, -0.15) is 0 Å². The van der Waals surface area contributed by atoms with E-state index in [4.69, 9.17) is 4.74 Å². The van der Waals surface area contributed by atoms with Gasteiger partial charge in [0.1, 0.15) is 0 Å². The molecule has 3 heterocycles. The van der Waals surface area contributed by atoms with Gasteiger partial charge in [-0.25, -0.2) is 0 Å². The predicted octanol–water partition coefficient (Wildman–Crippen LogP) is 0.0600. The summed E-state index contributed by atoms with van der Waals surface area (Å²) < 4.78 is 5.67. The van der Waals surface area contributed by atoms with E-state index in [1.165, 1.54) is 0 Å². The summed E-state index contributed by atoms with van der Waals surface area (Å²) in [6, 6.07) is 0.548. The van der Waals surface area contributed by atoms with E-state index < -0.39 is 0 Å². The van der Waals surface area contributed by atoms with Crippen LogP contribution in [0.15, 0.2) is 0 Å². The van der Waals surface area contributed by atoms with Crippen molar-refractivity contribution in [2.45, 2.75) is 44.4 Å². The first-order chi connectivity index (χ1) is 9.27. The van der Waals surface area contributed by atoms with Gasteiger partial charge >= 0.3 is 0 Å². The number of amides is 1. The molecule has 0 saturated carbocycles. The van der Waals surface area contributed by atoms with Gasteiger partial charge < -0.3 is 15.0 Å². The molecule has 0 spiro atoms. The lowest BCUT2D eigenvalue weighted by Crippen LogP contribution is -2.55. The summed E-state index contributed by atoms with van der Waals surface area (Å²) in [7, 11) is 0. The van der Waals surface area contributed by atoms with Crippen LogP contribution < -0.4 is 5.32 Å². The van der Waals surface area contributed by atoms with Crippen molar-refractivity contribution >= 4 is 5.91 Å². The van der Waals surface area contributed by atoms with Crippen LogP contribution in [0, 0.1) is 0 Å². The van der Waals surface area contributed by atoms with Crippen LogP contribution in [-0.2, 0) is 9.53 Å². The lowest BCUT2D eigenvalue weighted by molar-refractivity contribution is -0.137. The summed E-state index contributed by atoms with van der Waals surface area (Å²) in [6.45, 7) is 7.63. The predicted molar refractivity (Wildman–Crippen MR) is 73.0 cm³/mol. The summed E-state index contributed by atoms with van der Waals surface area (Å²) in [4.78, 5) is 17.2. The Morgan fingerprint density at radius 2 is 2.00 bits per heavy atom. The lowest BCUT2D eigenvalue weighted by Gasteiger charge is -2.36. The highest BCUT2D eigenvalue weighted by Gasteiger charge is 2.41. The van der Waals surface area contributed by atoms with E-state index in [0.29, 0.717) is 11.9 Å².